The van der Waals surface area contributed by atoms with Crippen molar-refractivity contribution in [2.24, 2.45) is 0 Å². The lowest BCUT2D eigenvalue weighted by Crippen LogP contribution is -2.32. The van der Waals surface area contributed by atoms with Gasteiger partial charge in [0, 0.05) is 17.4 Å². The first-order valence-corrected chi connectivity index (χ1v) is 6.26. The van der Waals surface area contributed by atoms with Crippen LogP contribution in [-0.4, -0.2) is 29.8 Å². The molecule has 2 nitrogen and oxygen atoms in total. The molecule has 0 spiro atoms. The molecule has 1 heterocycles. The third-order valence-electron chi connectivity index (χ3n) is 2.88. The average Bonchev–Trinajstić information content (AvgIpc) is 2.63. The normalized spacial score (nSPS) is 18.1. The summed E-state index contributed by atoms with van der Waals surface area (Å²) < 4.78 is 39.3. The van der Waals surface area contributed by atoms with Crippen molar-refractivity contribution < 1.29 is 18.0 Å². The molecule has 0 saturated carbocycles. The van der Waals surface area contributed by atoms with Gasteiger partial charge in [-0.1, -0.05) is 22.0 Å². The molecule has 1 aliphatic rings. The quantitative estimate of drug-likeness (QED) is 0.820. The second kappa shape index (κ2) is 4.91. The standard InChI is InChI=1S/C12H11BrF3NO/c13-10-6-9(14)2-1-8(10)5-11(18)17-4-3-12(15,16)7-17/h1-2,6H,3-5,7H2. The third-order valence-corrected chi connectivity index (χ3v) is 3.62. The van der Waals surface area contributed by atoms with Gasteiger partial charge in [-0.15, -0.1) is 0 Å². The van der Waals surface area contributed by atoms with E-state index in [-0.39, 0.29) is 25.3 Å². The molecule has 2 rings (SSSR count). The molecular formula is C12H11BrF3NO. The highest BCUT2D eigenvalue weighted by Crippen LogP contribution is 2.27. The number of halogens is 4. The first-order chi connectivity index (χ1) is 8.37. The summed E-state index contributed by atoms with van der Waals surface area (Å²) in [7, 11) is 0. The molecule has 1 aromatic carbocycles. The van der Waals surface area contributed by atoms with Crippen LogP contribution in [0.1, 0.15) is 12.0 Å². The van der Waals surface area contributed by atoms with Crippen LogP contribution in [0.4, 0.5) is 13.2 Å². The van der Waals surface area contributed by atoms with E-state index in [1.807, 2.05) is 0 Å². The lowest BCUT2D eigenvalue weighted by atomic mass is 10.1. The van der Waals surface area contributed by atoms with Gasteiger partial charge < -0.3 is 4.90 Å². The van der Waals surface area contributed by atoms with Gasteiger partial charge in [0.1, 0.15) is 5.82 Å². The van der Waals surface area contributed by atoms with Crippen molar-refractivity contribution in [1.29, 1.82) is 0 Å². The van der Waals surface area contributed by atoms with Crippen molar-refractivity contribution in [2.75, 3.05) is 13.1 Å². The summed E-state index contributed by atoms with van der Waals surface area (Å²) in [5.41, 5.74) is 0.594. The first-order valence-electron chi connectivity index (χ1n) is 5.47. The molecule has 1 aliphatic heterocycles. The fourth-order valence-electron chi connectivity index (χ4n) is 1.89. The molecule has 1 fully saturated rings. The zero-order valence-electron chi connectivity index (χ0n) is 9.43. The Labute approximate surface area is 111 Å². The lowest BCUT2D eigenvalue weighted by molar-refractivity contribution is -0.130. The van der Waals surface area contributed by atoms with E-state index in [1.54, 1.807) is 0 Å². The van der Waals surface area contributed by atoms with E-state index in [0.717, 1.165) is 4.90 Å². The monoisotopic (exact) mass is 321 g/mol. The summed E-state index contributed by atoms with van der Waals surface area (Å²) in [6, 6.07) is 3.97. The molecule has 0 unspecified atom stereocenters. The topological polar surface area (TPSA) is 20.3 Å². The van der Waals surface area contributed by atoms with E-state index in [9.17, 15) is 18.0 Å². The highest BCUT2D eigenvalue weighted by atomic mass is 79.9. The number of benzene rings is 1. The minimum absolute atomic E-state index is 0.00303. The zero-order chi connectivity index (χ0) is 13.3. The predicted octanol–water partition coefficient (Wildman–Crippen LogP) is 3.00. The minimum Gasteiger partial charge on any atom is -0.336 e. The molecule has 0 aromatic heterocycles. The maximum atomic E-state index is 13.0. The molecule has 18 heavy (non-hydrogen) atoms. The van der Waals surface area contributed by atoms with Crippen LogP contribution >= 0.6 is 15.9 Å². The van der Waals surface area contributed by atoms with Gasteiger partial charge in [0.2, 0.25) is 5.91 Å². The van der Waals surface area contributed by atoms with Crippen LogP contribution in [0, 0.1) is 5.82 Å². The molecule has 1 saturated heterocycles. The largest absolute Gasteiger partial charge is 0.336 e. The zero-order valence-corrected chi connectivity index (χ0v) is 11.0. The SMILES string of the molecule is O=C(Cc1ccc(F)cc1Br)N1CCC(F)(F)C1. The van der Waals surface area contributed by atoms with E-state index in [2.05, 4.69) is 15.9 Å². The number of carbonyl (C=O) groups is 1. The van der Waals surface area contributed by atoms with Gasteiger partial charge in [0.15, 0.2) is 0 Å². The summed E-state index contributed by atoms with van der Waals surface area (Å²) in [5, 5.41) is 0. The van der Waals surface area contributed by atoms with Gasteiger partial charge in [0.05, 0.1) is 13.0 Å². The average molecular weight is 322 g/mol. The molecule has 98 valence electrons. The first kappa shape index (κ1) is 13.4. The van der Waals surface area contributed by atoms with Crippen molar-refractivity contribution >= 4 is 21.8 Å². The molecule has 0 radical (unpaired) electrons. The van der Waals surface area contributed by atoms with Crippen molar-refractivity contribution in [3.05, 3.63) is 34.1 Å². The van der Waals surface area contributed by atoms with Gasteiger partial charge in [-0.25, -0.2) is 13.2 Å². The number of nitrogens with zero attached hydrogens (tertiary/aromatic N) is 1. The van der Waals surface area contributed by atoms with Crippen LogP contribution in [0.15, 0.2) is 22.7 Å². The summed E-state index contributed by atoms with van der Waals surface area (Å²) in [5.74, 6) is -3.55. The van der Waals surface area contributed by atoms with Gasteiger partial charge in [-0.3, -0.25) is 4.79 Å². The molecule has 0 N–H and O–H groups in total. The number of rotatable bonds is 2. The second-order valence-corrected chi connectivity index (χ2v) is 5.19. The number of carbonyl (C=O) groups excluding carboxylic acids is 1. The van der Waals surface area contributed by atoms with Crippen molar-refractivity contribution in [3.63, 3.8) is 0 Å². The second-order valence-electron chi connectivity index (χ2n) is 4.33. The summed E-state index contributed by atoms with van der Waals surface area (Å²) >= 11 is 3.15. The molecule has 0 aliphatic carbocycles. The molecule has 6 heteroatoms. The number of hydrogen-bond donors (Lipinski definition) is 0. The van der Waals surface area contributed by atoms with Crippen LogP contribution in [-0.2, 0) is 11.2 Å². The van der Waals surface area contributed by atoms with Gasteiger partial charge in [-0.05, 0) is 17.7 Å². The maximum absolute atomic E-state index is 13.0. The van der Waals surface area contributed by atoms with Crippen molar-refractivity contribution in [3.8, 4) is 0 Å². The van der Waals surface area contributed by atoms with Crippen molar-refractivity contribution in [1.82, 2.24) is 4.90 Å². The Morgan fingerprint density at radius 3 is 2.72 bits per heavy atom. The predicted molar refractivity (Wildman–Crippen MR) is 63.9 cm³/mol. The highest BCUT2D eigenvalue weighted by Gasteiger charge is 2.40. The maximum Gasteiger partial charge on any atom is 0.267 e. The molecule has 1 amide bonds. The Kier molecular flexibility index (Phi) is 3.66. The van der Waals surface area contributed by atoms with Crippen LogP contribution in [0.3, 0.4) is 0 Å². The summed E-state index contributed by atoms with van der Waals surface area (Å²) in [4.78, 5) is 13.0. The number of likely N-dealkylation sites (tertiary alicyclic amines) is 1. The smallest absolute Gasteiger partial charge is 0.267 e. The molecular weight excluding hydrogens is 311 g/mol. The van der Waals surface area contributed by atoms with Crippen LogP contribution in [0.5, 0.6) is 0 Å². The molecule has 1 aromatic rings. The van der Waals surface area contributed by atoms with Crippen molar-refractivity contribution in [2.45, 2.75) is 18.8 Å². The fourth-order valence-corrected chi connectivity index (χ4v) is 2.38. The Bertz CT molecular complexity index is 478. The number of amides is 1. The number of hydrogen-bond acceptors (Lipinski definition) is 1. The van der Waals surface area contributed by atoms with Gasteiger partial charge >= 0.3 is 0 Å². The van der Waals surface area contributed by atoms with Gasteiger partial charge in [0.25, 0.3) is 5.92 Å². The van der Waals surface area contributed by atoms with E-state index in [0.29, 0.717) is 10.0 Å². The van der Waals surface area contributed by atoms with Crippen LogP contribution in [0.2, 0.25) is 0 Å². The Morgan fingerprint density at radius 1 is 1.44 bits per heavy atom. The number of alkyl halides is 2. The van der Waals surface area contributed by atoms with E-state index in [1.165, 1.54) is 18.2 Å². The molecule has 0 bridgehead atoms. The summed E-state index contributed by atoms with van der Waals surface area (Å²) in [6.07, 6.45) is -0.291. The third kappa shape index (κ3) is 3.04. The Morgan fingerprint density at radius 2 is 2.17 bits per heavy atom. The van der Waals surface area contributed by atoms with E-state index >= 15 is 0 Å². The Balaban J connectivity index is 2.04. The van der Waals surface area contributed by atoms with Crippen LogP contribution < -0.4 is 0 Å². The summed E-state index contributed by atoms with van der Waals surface area (Å²) in [6.45, 7) is -0.449. The molecule has 0 atom stereocenters. The van der Waals surface area contributed by atoms with Gasteiger partial charge in [-0.2, -0.15) is 0 Å². The van der Waals surface area contributed by atoms with E-state index < -0.39 is 18.3 Å². The lowest BCUT2D eigenvalue weighted by Gasteiger charge is -2.16. The van der Waals surface area contributed by atoms with Crippen LogP contribution in [0.25, 0.3) is 0 Å². The fraction of sp³-hybridized carbons (Fsp3) is 0.417. The highest BCUT2D eigenvalue weighted by molar-refractivity contribution is 9.10. The Hall–Kier alpha value is -1.04. The van der Waals surface area contributed by atoms with E-state index in [4.69, 9.17) is 0 Å². The minimum atomic E-state index is -2.78.